The fraction of sp³-hybridized carbons (Fsp3) is 0.188. The van der Waals surface area contributed by atoms with Crippen molar-refractivity contribution in [2.24, 2.45) is 0 Å². The van der Waals surface area contributed by atoms with Gasteiger partial charge in [-0.2, -0.15) is 13.2 Å². The molecule has 2 aromatic carbocycles. The first kappa shape index (κ1) is 13.7. The summed E-state index contributed by atoms with van der Waals surface area (Å²) in [6.07, 6.45) is -4.46. The third-order valence-electron chi connectivity index (χ3n) is 3.48. The molecule has 1 aliphatic rings. The zero-order valence-electron chi connectivity index (χ0n) is 11.0. The van der Waals surface area contributed by atoms with Crippen LogP contribution in [0.4, 0.5) is 18.9 Å². The molecule has 3 rings (SSSR count). The van der Waals surface area contributed by atoms with Crippen LogP contribution in [0, 0.1) is 0 Å². The SMILES string of the molecule is O=C1Cc2ccccc2-c2ccccc2N1CC(F)(F)F. The summed E-state index contributed by atoms with van der Waals surface area (Å²) in [7, 11) is 0. The second kappa shape index (κ2) is 4.91. The normalized spacial score (nSPS) is 14.4. The number of carbonyl (C=O) groups is 1. The number of fused-ring (bicyclic) bond motifs is 3. The molecule has 108 valence electrons. The van der Waals surface area contributed by atoms with Crippen molar-refractivity contribution in [2.75, 3.05) is 11.4 Å². The van der Waals surface area contributed by atoms with Crippen LogP contribution < -0.4 is 4.90 Å². The van der Waals surface area contributed by atoms with Crippen molar-refractivity contribution in [1.29, 1.82) is 0 Å². The second-order valence-corrected chi connectivity index (χ2v) is 4.95. The molecule has 0 unspecified atom stereocenters. The van der Waals surface area contributed by atoms with E-state index in [4.69, 9.17) is 0 Å². The van der Waals surface area contributed by atoms with Gasteiger partial charge in [0.05, 0.1) is 12.1 Å². The van der Waals surface area contributed by atoms with Crippen molar-refractivity contribution in [2.45, 2.75) is 12.6 Å². The van der Waals surface area contributed by atoms with Crippen LogP contribution in [0.15, 0.2) is 48.5 Å². The van der Waals surface area contributed by atoms with Gasteiger partial charge in [-0.25, -0.2) is 0 Å². The van der Waals surface area contributed by atoms with Gasteiger partial charge in [0.15, 0.2) is 0 Å². The predicted octanol–water partition coefficient (Wildman–Crippen LogP) is 3.81. The minimum atomic E-state index is -4.43. The number of nitrogens with zero attached hydrogens (tertiary/aromatic N) is 1. The molecule has 1 amide bonds. The molecule has 0 saturated carbocycles. The average Bonchev–Trinajstić information content (AvgIpc) is 2.54. The molecular formula is C16H12F3NO. The monoisotopic (exact) mass is 291 g/mol. The minimum Gasteiger partial charge on any atom is -0.302 e. The lowest BCUT2D eigenvalue weighted by molar-refractivity contribution is -0.132. The van der Waals surface area contributed by atoms with Crippen LogP contribution in [0.2, 0.25) is 0 Å². The van der Waals surface area contributed by atoms with Gasteiger partial charge in [0.1, 0.15) is 6.54 Å². The number of anilines is 1. The number of carbonyl (C=O) groups excluding carboxylic acids is 1. The Morgan fingerprint density at radius 2 is 1.57 bits per heavy atom. The largest absolute Gasteiger partial charge is 0.406 e. The number of para-hydroxylation sites is 1. The second-order valence-electron chi connectivity index (χ2n) is 4.95. The van der Waals surface area contributed by atoms with Crippen LogP contribution in [0.3, 0.4) is 0 Å². The van der Waals surface area contributed by atoms with E-state index in [-0.39, 0.29) is 6.42 Å². The van der Waals surface area contributed by atoms with Gasteiger partial charge >= 0.3 is 6.18 Å². The highest BCUT2D eigenvalue weighted by Crippen LogP contribution is 2.37. The maximum absolute atomic E-state index is 12.8. The molecular weight excluding hydrogens is 279 g/mol. The van der Waals surface area contributed by atoms with Gasteiger partial charge in [0, 0.05) is 5.56 Å². The summed E-state index contributed by atoms with van der Waals surface area (Å²) in [4.78, 5) is 13.1. The molecule has 2 nitrogen and oxygen atoms in total. The average molecular weight is 291 g/mol. The highest BCUT2D eigenvalue weighted by molar-refractivity contribution is 6.02. The van der Waals surface area contributed by atoms with Crippen molar-refractivity contribution in [1.82, 2.24) is 0 Å². The van der Waals surface area contributed by atoms with Crippen LogP contribution in [0.1, 0.15) is 5.56 Å². The number of amides is 1. The summed E-state index contributed by atoms with van der Waals surface area (Å²) in [6.45, 7) is -1.27. The summed E-state index contributed by atoms with van der Waals surface area (Å²) in [5.74, 6) is -0.537. The van der Waals surface area contributed by atoms with E-state index < -0.39 is 18.6 Å². The maximum atomic E-state index is 12.8. The van der Waals surface area contributed by atoms with E-state index in [0.717, 1.165) is 16.0 Å². The van der Waals surface area contributed by atoms with Crippen molar-refractivity contribution in [3.63, 3.8) is 0 Å². The lowest BCUT2D eigenvalue weighted by Gasteiger charge is -2.24. The first-order valence-corrected chi connectivity index (χ1v) is 6.50. The molecule has 0 fully saturated rings. The summed E-state index contributed by atoms with van der Waals surface area (Å²) in [5, 5.41) is 0. The zero-order chi connectivity index (χ0) is 15.0. The van der Waals surface area contributed by atoms with Crippen LogP contribution in [0.25, 0.3) is 11.1 Å². The van der Waals surface area contributed by atoms with Gasteiger partial charge in [-0.1, -0.05) is 42.5 Å². The fourth-order valence-electron chi connectivity index (χ4n) is 2.62. The first-order valence-electron chi connectivity index (χ1n) is 6.50. The van der Waals surface area contributed by atoms with Crippen molar-refractivity contribution in [3.8, 4) is 11.1 Å². The molecule has 0 atom stereocenters. The molecule has 1 aliphatic heterocycles. The Morgan fingerprint density at radius 3 is 2.29 bits per heavy atom. The van der Waals surface area contributed by atoms with Crippen LogP contribution >= 0.6 is 0 Å². The number of halogens is 3. The Bertz CT molecular complexity index is 694. The Labute approximate surface area is 119 Å². The van der Waals surface area contributed by atoms with E-state index in [1.54, 1.807) is 36.4 Å². The van der Waals surface area contributed by atoms with E-state index in [0.29, 0.717) is 11.3 Å². The molecule has 5 heteroatoms. The molecule has 0 aromatic heterocycles. The van der Waals surface area contributed by atoms with Crippen LogP contribution in [0.5, 0.6) is 0 Å². The van der Waals surface area contributed by atoms with E-state index in [9.17, 15) is 18.0 Å². The van der Waals surface area contributed by atoms with Crippen molar-refractivity contribution >= 4 is 11.6 Å². The summed E-state index contributed by atoms with van der Waals surface area (Å²) in [5.41, 5.74) is 2.53. The molecule has 0 bridgehead atoms. The number of benzene rings is 2. The lowest BCUT2D eigenvalue weighted by Crippen LogP contribution is -2.39. The van der Waals surface area contributed by atoms with E-state index >= 15 is 0 Å². The first-order chi connectivity index (χ1) is 9.96. The molecule has 0 spiro atoms. The Kier molecular flexibility index (Phi) is 3.20. The lowest BCUT2D eigenvalue weighted by atomic mass is 9.98. The van der Waals surface area contributed by atoms with Gasteiger partial charge < -0.3 is 4.90 Å². The van der Waals surface area contributed by atoms with Gasteiger partial charge in [0.25, 0.3) is 0 Å². The number of hydrogen-bond acceptors (Lipinski definition) is 1. The zero-order valence-corrected chi connectivity index (χ0v) is 11.0. The minimum absolute atomic E-state index is 0.0269. The molecule has 0 aliphatic carbocycles. The number of alkyl halides is 3. The molecule has 1 heterocycles. The number of hydrogen-bond donors (Lipinski definition) is 0. The van der Waals surface area contributed by atoms with Crippen LogP contribution in [-0.4, -0.2) is 18.6 Å². The van der Waals surface area contributed by atoms with E-state index in [2.05, 4.69) is 0 Å². The van der Waals surface area contributed by atoms with E-state index in [1.807, 2.05) is 12.1 Å². The van der Waals surface area contributed by atoms with E-state index in [1.165, 1.54) is 0 Å². The Hall–Kier alpha value is -2.30. The quantitative estimate of drug-likeness (QED) is 0.782. The summed E-state index contributed by atoms with van der Waals surface area (Å²) in [6, 6.07) is 13.9. The third-order valence-corrected chi connectivity index (χ3v) is 3.48. The topological polar surface area (TPSA) is 20.3 Å². The highest BCUT2D eigenvalue weighted by atomic mass is 19.4. The molecule has 0 radical (unpaired) electrons. The Morgan fingerprint density at radius 1 is 0.952 bits per heavy atom. The molecule has 21 heavy (non-hydrogen) atoms. The molecule has 2 aromatic rings. The van der Waals surface area contributed by atoms with Crippen molar-refractivity contribution < 1.29 is 18.0 Å². The number of rotatable bonds is 1. The highest BCUT2D eigenvalue weighted by Gasteiger charge is 2.36. The maximum Gasteiger partial charge on any atom is 0.406 e. The Balaban J connectivity index is 2.18. The van der Waals surface area contributed by atoms with Gasteiger partial charge in [0.2, 0.25) is 5.91 Å². The molecule has 0 N–H and O–H groups in total. The molecule has 0 saturated heterocycles. The van der Waals surface area contributed by atoms with Gasteiger partial charge in [-0.3, -0.25) is 4.79 Å². The fourth-order valence-corrected chi connectivity index (χ4v) is 2.62. The van der Waals surface area contributed by atoms with Gasteiger partial charge in [-0.15, -0.1) is 0 Å². The standard InChI is InChI=1S/C16H12F3NO/c17-16(18,19)10-20-14-8-4-3-7-13(14)12-6-2-1-5-11(12)9-15(20)21/h1-8H,9-10H2. The summed E-state index contributed by atoms with van der Waals surface area (Å²) < 4.78 is 38.3. The smallest absolute Gasteiger partial charge is 0.302 e. The van der Waals surface area contributed by atoms with Crippen molar-refractivity contribution in [3.05, 3.63) is 54.1 Å². The van der Waals surface area contributed by atoms with Gasteiger partial charge in [-0.05, 0) is 17.2 Å². The van der Waals surface area contributed by atoms with Crippen LogP contribution in [-0.2, 0) is 11.2 Å². The summed E-state index contributed by atoms with van der Waals surface area (Å²) >= 11 is 0. The third kappa shape index (κ3) is 2.63. The predicted molar refractivity (Wildman–Crippen MR) is 74.0 cm³/mol.